The number of rotatable bonds is 3. The number of primary amides is 1. The minimum Gasteiger partial charge on any atom is -0.387 e. The number of aliphatic hydroxyl groups is 2. The fourth-order valence-corrected chi connectivity index (χ4v) is 2.10. The Bertz CT molecular complexity index is 465. The van der Waals surface area contributed by atoms with Crippen LogP contribution >= 0.6 is 11.6 Å². The number of carbonyl (C=O) groups is 1. The first-order chi connectivity index (χ1) is 8.47. The van der Waals surface area contributed by atoms with Crippen molar-refractivity contribution in [2.24, 2.45) is 5.73 Å². The number of carbonyl (C=O) groups excluding carboxylic acids is 1. The van der Waals surface area contributed by atoms with Gasteiger partial charge in [0, 0.05) is 0 Å². The molecule has 2 rings (SSSR count). The molecular weight excluding hydrogens is 264 g/mol. The van der Waals surface area contributed by atoms with E-state index in [1.807, 2.05) is 0 Å². The number of hydrogen-bond donors (Lipinski definition) is 4. The molecule has 0 bridgehead atoms. The number of amides is 1. The van der Waals surface area contributed by atoms with E-state index >= 15 is 0 Å². The zero-order valence-electron chi connectivity index (χ0n) is 9.23. The lowest BCUT2D eigenvalue weighted by atomic mass is 10.1. The topological polar surface area (TPSA) is 137 Å². The standard InChI is InChI=1S/C9H13ClN4O4/c10-1-3-5(15)6(16)9(18-3)14-2-13-4(7(14)11)8(12)17/h2-3,5-6,9,15-16H,1,11H2,(H2,12,17)/t3-,5-,6-,9-/m1/s1. The zero-order valence-corrected chi connectivity index (χ0v) is 9.99. The molecule has 4 atom stereocenters. The second kappa shape index (κ2) is 4.73. The number of anilines is 1. The van der Waals surface area contributed by atoms with Crippen molar-refractivity contribution < 1.29 is 19.7 Å². The van der Waals surface area contributed by atoms with E-state index in [-0.39, 0.29) is 17.4 Å². The molecule has 0 unspecified atom stereocenters. The maximum Gasteiger partial charge on any atom is 0.271 e. The molecule has 100 valence electrons. The Hall–Kier alpha value is -1.35. The molecule has 1 aliphatic rings. The fraction of sp³-hybridized carbons (Fsp3) is 0.556. The van der Waals surface area contributed by atoms with E-state index in [0.717, 1.165) is 0 Å². The Labute approximate surface area is 107 Å². The van der Waals surface area contributed by atoms with Crippen LogP contribution in [0.2, 0.25) is 0 Å². The molecule has 18 heavy (non-hydrogen) atoms. The molecule has 0 spiro atoms. The highest BCUT2D eigenvalue weighted by Crippen LogP contribution is 2.32. The van der Waals surface area contributed by atoms with E-state index < -0.39 is 30.4 Å². The third-order valence-corrected chi connectivity index (χ3v) is 3.13. The maximum atomic E-state index is 11.0. The van der Waals surface area contributed by atoms with E-state index in [2.05, 4.69) is 4.98 Å². The highest BCUT2D eigenvalue weighted by molar-refractivity contribution is 6.18. The minimum absolute atomic E-state index is 0.0198. The molecule has 2 heterocycles. The first kappa shape index (κ1) is 13.1. The quantitative estimate of drug-likeness (QED) is 0.492. The van der Waals surface area contributed by atoms with Gasteiger partial charge in [0.25, 0.3) is 5.91 Å². The summed E-state index contributed by atoms with van der Waals surface area (Å²) in [5.41, 5.74) is 10.6. The van der Waals surface area contributed by atoms with Crippen LogP contribution in [-0.2, 0) is 4.74 Å². The van der Waals surface area contributed by atoms with Crippen LogP contribution in [-0.4, -0.2) is 49.9 Å². The van der Waals surface area contributed by atoms with E-state index in [0.29, 0.717) is 0 Å². The average Bonchev–Trinajstić information content (AvgIpc) is 2.82. The highest BCUT2D eigenvalue weighted by atomic mass is 35.5. The first-order valence-electron chi connectivity index (χ1n) is 5.17. The Morgan fingerprint density at radius 2 is 2.22 bits per heavy atom. The van der Waals surface area contributed by atoms with Crippen LogP contribution in [0, 0.1) is 0 Å². The molecule has 1 saturated heterocycles. The van der Waals surface area contributed by atoms with Crippen molar-refractivity contribution in [1.29, 1.82) is 0 Å². The zero-order chi connectivity index (χ0) is 13.4. The predicted octanol–water partition coefficient (Wildman–Crippen LogP) is -1.58. The summed E-state index contributed by atoms with van der Waals surface area (Å²) in [7, 11) is 0. The second-order valence-corrected chi connectivity index (χ2v) is 4.26. The lowest BCUT2D eigenvalue weighted by Gasteiger charge is -2.17. The predicted molar refractivity (Wildman–Crippen MR) is 61.8 cm³/mol. The van der Waals surface area contributed by atoms with Crippen LogP contribution in [0.15, 0.2) is 6.33 Å². The van der Waals surface area contributed by atoms with Crippen LogP contribution in [0.25, 0.3) is 0 Å². The fourth-order valence-electron chi connectivity index (χ4n) is 1.85. The van der Waals surface area contributed by atoms with Gasteiger partial charge < -0.3 is 26.4 Å². The second-order valence-electron chi connectivity index (χ2n) is 3.95. The van der Waals surface area contributed by atoms with Crippen molar-refractivity contribution in [2.75, 3.05) is 11.6 Å². The average molecular weight is 277 g/mol. The van der Waals surface area contributed by atoms with Crippen molar-refractivity contribution in [3.05, 3.63) is 12.0 Å². The molecule has 1 aliphatic heterocycles. The monoisotopic (exact) mass is 276 g/mol. The van der Waals surface area contributed by atoms with E-state index in [1.165, 1.54) is 10.9 Å². The summed E-state index contributed by atoms with van der Waals surface area (Å²) < 4.78 is 6.59. The molecule has 8 nitrogen and oxygen atoms in total. The molecule has 1 aromatic rings. The minimum atomic E-state index is -1.22. The molecule has 0 aromatic carbocycles. The van der Waals surface area contributed by atoms with Gasteiger partial charge in [-0.05, 0) is 0 Å². The Morgan fingerprint density at radius 3 is 2.67 bits per heavy atom. The van der Waals surface area contributed by atoms with Gasteiger partial charge in [0.05, 0.1) is 12.2 Å². The maximum absolute atomic E-state index is 11.0. The Kier molecular flexibility index (Phi) is 3.44. The molecular formula is C9H13ClN4O4. The third kappa shape index (κ3) is 1.93. The number of nitrogens with two attached hydrogens (primary N) is 2. The third-order valence-electron chi connectivity index (χ3n) is 2.83. The summed E-state index contributed by atoms with van der Waals surface area (Å²) in [6.45, 7) is 0. The number of imidazole rings is 1. The number of hydrogen-bond acceptors (Lipinski definition) is 6. The summed E-state index contributed by atoms with van der Waals surface area (Å²) >= 11 is 5.59. The van der Waals surface area contributed by atoms with Gasteiger partial charge >= 0.3 is 0 Å². The number of alkyl halides is 1. The van der Waals surface area contributed by atoms with Gasteiger partial charge in [-0.1, -0.05) is 0 Å². The van der Waals surface area contributed by atoms with Gasteiger partial charge in [-0.15, -0.1) is 11.6 Å². The Balaban J connectivity index is 2.30. The highest BCUT2D eigenvalue weighted by Gasteiger charge is 2.44. The lowest BCUT2D eigenvalue weighted by molar-refractivity contribution is -0.0300. The van der Waals surface area contributed by atoms with Gasteiger partial charge in [-0.3, -0.25) is 9.36 Å². The van der Waals surface area contributed by atoms with Crippen molar-refractivity contribution in [2.45, 2.75) is 24.5 Å². The van der Waals surface area contributed by atoms with Crippen LogP contribution in [0.1, 0.15) is 16.7 Å². The molecule has 1 aromatic heterocycles. The van der Waals surface area contributed by atoms with Gasteiger partial charge in [-0.25, -0.2) is 4.98 Å². The van der Waals surface area contributed by atoms with Gasteiger partial charge in [0.15, 0.2) is 11.9 Å². The van der Waals surface area contributed by atoms with E-state index in [4.69, 9.17) is 27.8 Å². The van der Waals surface area contributed by atoms with Crippen LogP contribution in [0.5, 0.6) is 0 Å². The summed E-state index contributed by atoms with van der Waals surface area (Å²) in [5, 5.41) is 19.5. The molecule has 1 fully saturated rings. The molecule has 0 saturated carbocycles. The van der Waals surface area contributed by atoms with Crippen molar-refractivity contribution >= 4 is 23.3 Å². The molecule has 1 amide bonds. The van der Waals surface area contributed by atoms with Crippen molar-refractivity contribution in [1.82, 2.24) is 9.55 Å². The van der Waals surface area contributed by atoms with Crippen LogP contribution in [0.4, 0.5) is 5.82 Å². The number of nitrogens with zero attached hydrogens (tertiary/aromatic N) is 2. The molecule has 6 N–H and O–H groups in total. The van der Waals surface area contributed by atoms with Crippen LogP contribution in [0.3, 0.4) is 0 Å². The number of aromatic nitrogens is 2. The summed E-state index contributed by atoms with van der Waals surface area (Å²) in [4.78, 5) is 14.7. The molecule has 9 heteroatoms. The molecule has 0 aliphatic carbocycles. The number of aliphatic hydroxyl groups excluding tert-OH is 2. The smallest absolute Gasteiger partial charge is 0.271 e. The number of ether oxygens (including phenoxy) is 1. The summed E-state index contributed by atoms with van der Waals surface area (Å²) in [6.07, 6.45) is -2.81. The summed E-state index contributed by atoms with van der Waals surface area (Å²) in [6, 6.07) is 0. The molecule has 0 radical (unpaired) electrons. The SMILES string of the molecule is NC(=O)c1ncn([C@@H]2O[C@H](CCl)[C@@H](O)[C@H]2O)c1N. The van der Waals surface area contributed by atoms with Gasteiger partial charge in [0.1, 0.15) is 24.1 Å². The van der Waals surface area contributed by atoms with Gasteiger partial charge in [0.2, 0.25) is 0 Å². The normalized spacial score (nSPS) is 31.7. The van der Waals surface area contributed by atoms with Crippen LogP contribution < -0.4 is 11.5 Å². The largest absolute Gasteiger partial charge is 0.387 e. The van der Waals surface area contributed by atoms with E-state index in [9.17, 15) is 15.0 Å². The lowest BCUT2D eigenvalue weighted by Crippen LogP contribution is -2.32. The van der Waals surface area contributed by atoms with E-state index in [1.54, 1.807) is 0 Å². The first-order valence-corrected chi connectivity index (χ1v) is 5.70. The van der Waals surface area contributed by atoms with Gasteiger partial charge in [-0.2, -0.15) is 0 Å². The van der Waals surface area contributed by atoms with Crippen molar-refractivity contribution in [3.8, 4) is 0 Å². The summed E-state index contributed by atoms with van der Waals surface area (Å²) in [5.74, 6) is -0.798. The number of halogens is 1. The van der Waals surface area contributed by atoms with Crippen molar-refractivity contribution in [3.63, 3.8) is 0 Å². The number of nitrogen functional groups attached to an aromatic ring is 1. The Morgan fingerprint density at radius 1 is 1.56 bits per heavy atom.